The molecule has 27 heavy (non-hydrogen) atoms. The van der Waals surface area contributed by atoms with Crippen LogP contribution in [0.2, 0.25) is 0 Å². The van der Waals surface area contributed by atoms with Gasteiger partial charge in [0, 0.05) is 32.7 Å². The fraction of sp³-hybridized carbons (Fsp3) is 0.619. The van der Waals surface area contributed by atoms with E-state index in [0.29, 0.717) is 19.7 Å². The number of carbonyl (C=O) groups excluding carboxylic acids is 2. The first-order valence-corrected chi connectivity index (χ1v) is 10.2. The van der Waals surface area contributed by atoms with Crippen molar-refractivity contribution in [3.05, 3.63) is 29.8 Å². The molecular formula is C21H31N3O3. The Balaban J connectivity index is 1.63. The first-order chi connectivity index (χ1) is 13.2. The summed E-state index contributed by atoms with van der Waals surface area (Å²) in [6, 6.07) is 7.60. The fourth-order valence-electron chi connectivity index (χ4n) is 3.88. The van der Waals surface area contributed by atoms with Crippen LogP contribution in [0.3, 0.4) is 0 Å². The van der Waals surface area contributed by atoms with E-state index in [4.69, 9.17) is 4.74 Å². The molecule has 2 aliphatic heterocycles. The molecular weight excluding hydrogens is 342 g/mol. The van der Waals surface area contributed by atoms with Crippen LogP contribution in [0, 0.1) is 0 Å². The Morgan fingerprint density at radius 3 is 2.48 bits per heavy atom. The second-order valence-corrected chi connectivity index (χ2v) is 7.35. The Kier molecular flexibility index (Phi) is 7.10. The molecule has 1 aromatic carbocycles. The van der Waals surface area contributed by atoms with Crippen LogP contribution >= 0.6 is 0 Å². The van der Waals surface area contributed by atoms with Crippen molar-refractivity contribution >= 4 is 11.8 Å². The fourth-order valence-corrected chi connectivity index (χ4v) is 3.88. The molecule has 3 rings (SSSR count). The molecule has 148 valence electrons. The summed E-state index contributed by atoms with van der Waals surface area (Å²) in [5, 5.41) is 2.92. The van der Waals surface area contributed by atoms with Crippen LogP contribution in [0.5, 0.6) is 5.75 Å². The van der Waals surface area contributed by atoms with E-state index < -0.39 is 0 Å². The van der Waals surface area contributed by atoms with Crippen molar-refractivity contribution in [2.45, 2.75) is 51.6 Å². The third kappa shape index (κ3) is 5.45. The minimum Gasteiger partial charge on any atom is -0.494 e. The Morgan fingerprint density at radius 2 is 1.81 bits per heavy atom. The Hall–Kier alpha value is -2.08. The maximum atomic E-state index is 12.8. The van der Waals surface area contributed by atoms with Gasteiger partial charge in [0.1, 0.15) is 5.75 Å². The molecule has 2 aliphatic rings. The molecule has 2 heterocycles. The molecule has 0 saturated carbocycles. The number of benzene rings is 1. The molecule has 0 radical (unpaired) electrons. The Labute approximate surface area is 161 Å². The minimum atomic E-state index is -0.388. The van der Waals surface area contributed by atoms with Crippen LogP contribution in [0.1, 0.15) is 44.6 Å². The lowest BCUT2D eigenvalue weighted by Gasteiger charge is -2.35. The highest BCUT2D eigenvalue weighted by molar-refractivity contribution is 5.88. The quantitative estimate of drug-likeness (QED) is 0.830. The molecule has 1 aromatic rings. The molecule has 2 amide bonds. The molecule has 2 saturated heterocycles. The van der Waals surface area contributed by atoms with Gasteiger partial charge in [-0.15, -0.1) is 0 Å². The lowest BCUT2D eigenvalue weighted by Crippen LogP contribution is -2.56. The summed E-state index contributed by atoms with van der Waals surface area (Å²) in [6.45, 7) is 6.32. The zero-order valence-electron chi connectivity index (χ0n) is 16.3. The van der Waals surface area contributed by atoms with E-state index in [1.54, 1.807) is 0 Å². The number of carbonyl (C=O) groups is 2. The van der Waals surface area contributed by atoms with E-state index in [1.807, 2.05) is 36.1 Å². The third-order valence-corrected chi connectivity index (χ3v) is 5.39. The summed E-state index contributed by atoms with van der Waals surface area (Å²) >= 11 is 0. The molecule has 2 fully saturated rings. The normalized spacial score (nSPS) is 21.4. The molecule has 0 unspecified atom stereocenters. The predicted molar refractivity (Wildman–Crippen MR) is 104 cm³/mol. The summed E-state index contributed by atoms with van der Waals surface area (Å²) in [5.41, 5.74) is 1.13. The first-order valence-electron chi connectivity index (χ1n) is 10.2. The van der Waals surface area contributed by atoms with Crippen molar-refractivity contribution < 1.29 is 14.3 Å². The number of piperazine rings is 1. The Morgan fingerprint density at radius 1 is 1.11 bits per heavy atom. The molecule has 1 atom stereocenters. The van der Waals surface area contributed by atoms with E-state index in [0.717, 1.165) is 43.8 Å². The van der Waals surface area contributed by atoms with Gasteiger partial charge in [-0.2, -0.15) is 0 Å². The number of hydrogen-bond acceptors (Lipinski definition) is 4. The first kappa shape index (κ1) is 19.7. The van der Waals surface area contributed by atoms with Crippen LogP contribution < -0.4 is 10.1 Å². The van der Waals surface area contributed by atoms with Gasteiger partial charge in [-0.05, 0) is 37.5 Å². The predicted octanol–water partition coefficient (Wildman–Crippen LogP) is 2.18. The van der Waals surface area contributed by atoms with Gasteiger partial charge in [-0.25, -0.2) is 0 Å². The summed E-state index contributed by atoms with van der Waals surface area (Å²) in [4.78, 5) is 29.3. The molecule has 6 nitrogen and oxygen atoms in total. The lowest BCUT2D eigenvalue weighted by molar-refractivity contribution is -0.139. The van der Waals surface area contributed by atoms with Gasteiger partial charge in [0.15, 0.2) is 0 Å². The molecule has 0 spiro atoms. The van der Waals surface area contributed by atoms with E-state index >= 15 is 0 Å². The number of nitrogens with zero attached hydrogens (tertiary/aromatic N) is 2. The van der Waals surface area contributed by atoms with E-state index in [9.17, 15) is 9.59 Å². The van der Waals surface area contributed by atoms with Crippen LogP contribution in [0.15, 0.2) is 24.3 Å². The monoisotopic (exact) mass is 373 g/mol. The summed E-state index contributed by atoms with van der Waals surface area (Å²) in [5.74, 6) is 0.927. The topological polar surface area (TPSA) is 61.9 Å². The maximum absolute atomic E-state index is 12.8. The van der Waals surface area contributed by atoms with Gasteiger partial charge >= 0.3 is 0 Å². The summed E-state index contributed by atoms with van der Waals surface area (Å²) in [6.07, 6.45) is 4.79. The third-order valence-electron chi connectivity index (χ3n) is 5.39. The van der Waals surface area contributed by atoms with Crippen LogP contribution in [-0.4, -0.2) is 60.4 Å². The summed E-state index contributed by atoms with van der Waals surface area (Å²) in [7, 11) is 0. The van der Waals surface area contributed by atoms with Crippen LogP contribution in [0.25, 0.3) is 0 Å². The van der Waals surface area contributed by atoms with E-state index in [-0.39, 0.29) is 24.3 Å². The number of rotatable bonds is 6. The van der Waals surface area contributed by atoms with E-state index in [2.05, 4.69) is 10.2 Å². The second-order valence-electron chi connectivity index (χ2n) is 7.35. The van der Waals surface area contributed by atoms with Gasteiger partial charge in [0.25, 0.3) is 0 Å². The smallest absolute Gasteiger partial charge is 0.237 e. The Bertz CT molecular complexity index is 624. The van der Waals surface area contributed by atoms with E-state index in [1.165, 1.54) is 12.8 Å². The van der Waals surface area contributed by atoms with Gasteiger partial charge in [-0.1, -0.05) is 25.0 Å². The molecule has 0 aromatic heterocycles. The van der Waals surface area contributed by atoms with Gasteiger partial charge in [0.05, 0.1) is 19.1 Å². The van der Waals surface area contributed by atoms with Crippen molar-refractivity contribution in [2.24, 2.45) is 0 Å². The largest absolute Gasteiger partial charge is 0.494 e. The highest BCUT2D eigenvalue weighted by Crippen LogP contribution is 2.19. The number of ether oxygens (including phenoxy) is 1. The molecule has 1 N–H and O–H groups in total. The molecule has 0 bridgehead atoms. The molecule has 6 heteroatoms. The van der Waals surface area contributed by atoms with Crippen molar-refractivity contribution in [3.63, 3.8) is 0 Å². The number of hydrogen-bond donors (Lipinski definition) is 1. The number of likely N-dealkylation sites (tertiary alicyclic amines) is 1. The van der Waals surface area contributed by atoms with Crippen LogP contribution in [0.4, 0.5) is 0 Å². The van der Waals surface area contributed by atoms with Crippen molar-refractivity contribution in [3.8, 4) is 5.75 Å². The average molecular weight is 373 g/mol. The van der Waals surface area contributed by atoms with Crippen molar-refractivity contribution in [2.75, 3.05) is 32.8 Å². The average Bonchev–Trinajstić information content (AvgIpc) is 2.96. The summed E-state index contributed by atoms with van der Waals surface area (Å²) < 4.78 is 5.49. The zero-order chi connectivity index (χ0) is 19.1. The van der Waals surface area contributed by atoms with Gasteiger partial charge in [-0.3, -0.25) is 14.5 Å². The van der Waals surface area contributed by atoms with Gasteiger partial charge in [0.2, 0.25) is 11.8 Å². The van der Waals surface area contributed by atoms with Crippen LogP contribution in [-0.2, 0) is 16.1 Å². The molecule has 0 aliphatic carbocycles. The minimum absolute atomic E-state index is 0.0321. The maximum Gasteiger partial charge on any atom is 0.237 e. The standard InChI is InChI=1S/C21H31N3O3/c1-2-27-18-9-7-17(8-10-18)16-24-14-11-22-21(26)19(24)15-20(25)23-12-5-3-4-6-13-23/h7-10,19H,2-6,11-16H2,1H3,(H,22,26)/t19-/m1/s1. The highest BCUT2D eigenvalue weighted by Gasteiger charge is 2.33. The number of amides is 2. The van der Waals surface area contributed by atoms with Gasteiger partial charge < -0.3 is 15.0 Å². The number of nitrogens with one attached hydrogen (secondary N) is 1. The second kappa shape index (κ2) is 9.74. The SMILES string of the molecule is CCOc1ccc(CN2CCNC(=O)[C@H]2CC(=O)N2CCCCCC2)cc1. The highest BCUT2D eigenvalue weighted by atomic mass is 16.5. The lowest BCUT2D eigenvalue weighted by atomic mass is 10.1. The zero-order valence-corrected chi connectivity index (χ0v) is 16.3. The van der Waals surface area contributed by atoms with Crippen molar-refractivity contribution in [1.82, 2.24) is 15.1 Å². The van der Waals surface area contributed by atoms with Crippen molar-refractivity contribution in [1.29, 1.82) is 0 Å².